The van der Waals surface area contributed by atoms with Crippen LogP contribution in [0.5, 0.6) is 5.75 Å². The molecular formula is C25H21N3O3. The molecule has 0 saturated heterocycles. The van der Waals surface area contributed by atoms with Gasteiger partial charge in [0.05, 0.1) is 11.7 Å². The number of carbonyl (C=O) groups excluding carboxylic acids is 1. The molecule has 2 heterocycles. The molecule has 4 aromatic rings. The smallest absolute Gasteiger partial charge is 0.307 e. The van der Waals surface area contributed by atoms with Crippen molar-refractivity contribution in [1.82, 2.24) is 10.4 Å². The minimum atomic E-state index is -0.423. The Balaban J connectivity index is 1.19. The summed E-state index contributed by atoms with van der Waals surface area (Å²) in [6, 6.07) is 19.2. The number of carbonyl (C=O) groups is 1. The minimum Gasteiger partial charge on any atom is -0.486 e. The Hall–Kier alpha value is -3.93. The van der Waals surface area contributed by atoms with E-state index in [2.05, 4.69) is 27.6 Å². The summed E-state index contributed by atoms with van der Waals surface area (Å²) in [4.78, 5) is 16.7. The molecule has 0 saturated carbocycles. The average Bonchev–Trinajstić information content (AvgIpc) is 3.47. The highest BCUT2D eigenvalue weighted by atomic mass is 16.5. The van der Waals surface area contributed by atoms with Crippen LogP contribution in [0.2, 0.25) is 0 Å². The first-order valence-electron chi connectivity index (χ1n) is 10.3. The van der Waals surface area contributed by atoms with Crippen molar-refractivity contribution in [2.45, 2.75) is 25.9 Å². The number of furan rings is 1. The molecule has 1 N–H and O–H groups in total. The Labute approximate surface area is 179 Å². The van der Waals surface area contributed by atoms with Gasteiger partial charge in [0.25, 0.3) is 0 Å². The van der Waals surface area contributed by atoms with Gasteiger partial charge in [-0.15, -0.1) is 0 Å². The first-order valence-corrected chi connectivity index (χ1v) is 10.3. The Morgan fingerprint density at radius 3 is 2.97 bits per heavy atom. The van der Waals surface area contributed by atoms with Gasteiger partial charge in [-0.2, -0.15) is 5.10 Å². The number of aryl methyl sites for hydroxylation is 2. The van der Waals surface area contributed by atoms with E-state index in [9.17, 15) is 4.79 Å². The third-order valence-corrected chi connectivity index (χ3v) is 5.37. The molecule has 6 heteroatoms. The van der Waals surface area contributed by atoms with E-state index >= 15 is 0 Å². The summed E-state index contributed by atoms with van der Waals surface area (Å²) >= 11 is 0. The van der Waals surface area contributed by atoms with Crippen molar-refractivity contribution in [3.63, 3.8) is 0 Å². The van der Waals surface area contributed by atoms with E-state index in [1.165, 1.54) is 17.5 Å². The van der Waals surface area contributed by atoms with Crippen LogP contribution in [0.1, 0.15) is 39.4 Å². The fourth-order valence-corrected chi connectivity index (χ4v) is 3.82. The summed E-state index contributed by atoms with van der Waals surface area (Å²) in [5.74, 6) is 1.15. The Kier molecular flexibility index (Phi) is 5.19. The van der Waals surface area contributed by atoms with Crippen molar-refractivity contribution in [3.8, 4) is 5.75 Å². The maximum absolute atomic E-state index is 12.3. The average molecular weight is 411 g/mol. The quantitative estimate of drug-likeness (QED) is 0.370. The molecule has 5 rings (SSSR count). The Morgan fingerprint density at radius 1 is 1.10 bits per heavy atom. The van der Waals surface area contributed by atoms with Gasteiger partial charge in [0.2, 0.25) is 0 Å². The summed E-state index contributed by atoms with van der Waals surface area (Å²) in [6.07, 6.45) is 6.76. The number of fused-ring (bicyclic) bond motifs is 2. The third kappa shape index (κ3) is 4.19. The lowest BCUT2D eigenvalue weighted by molar-refractivity contribution is 0.0923. The number of rotatable bonds is 6. The predicted octanol–water partition coefficient (Wildman–Crippen LogP) is 4.66. The van der Waals surface area contributed by atoms with Gasteiger partial charge >= 0.3 is 5.91 Å². The van der Waals surface area contributed by atoms with Crippen LogP contribution < -0.4 is 10.2 Å². The first-order chi connectivity index (χ1) is 15.3. The molecule has 0 bridgehead atoms. The van der Waals surface area contributed by atoms with Crippen LogP contribution in [0.3, 0.4) is 0 Å². The van der Waals surface area contributed by atoms with E-state index in [0.717, 1.165) is 35.1 Å². The summed E-state index contributed by atoms with van der Waals surface area (Å²) in [5, 5.41) is 5.06. The number of benzene rings is 2. The zero-order valence-corrected chi connectivity index (χ0v) is 16.9. The second-order valence-corrected chi connectivity index (χ2v) is 7.46. The van der Waals surface area contributed by atoms with Crippen molar-refractivity contribution in [2.24, 2.45) is 5.10 Å². The molecule has 1 aliphatic carbocycles. The van der Waals surface area contributed by atoms with Gasteiger partial charge in [-0.1, -0.05) is 30.3 Å². The Morgan fingerprint density at radius 2 is 2.00 bits per heavy atom. The SMILES string of the molecule is O=C(N/N=C\c1cccc2cccnc12)c1ccc(COc2ccc3c(c2)CCC3)o1. The number of aromatic nitrogens is 1. The highest BCUT2D eigenvalue weighted by Gasteiger charge is 2.13. The van der Waals surface area contributed by atoms with Gasteiger partial charge in [0, 0.05) is 17.1 Å². The van der Waals surface area contributed by atoms with Crippen molar-refractivity contribution in [2.75, 3.05) is 0 Å². The van der Waals surface area contributed by atoms with Crippen LogP contribution in [-0.4, -0.2) is 17.1 Å². The van der Waals surface area contributed by atoms with Gasteiger partial charge in [-0.05, 0) is 60.7 Å². The lowest BCUT2D eigenvalue weighted by Crippen LogP contribution is -2.16. The first kappa shape index (κ1) is 19.1. The van der Waals surface area contributed by atoms with Crippen molar-refractivity contribution in [1.29, 1.82) is 0 Å². The Bertz CT molecular complexity index is 1270. The standard InChI is InChI=1S/C25H21N3O3/c29-25(28-27-15-20-7-2-5-18-8-3-13-26-24(18)20)23-12-11-22(31-23)16-30-21-10-9-17-4-1-6-19(17)14-21/h2-3,5,7-15H,1,4,6,16H2,(H,28,29)/b27-15-. The topological polar surface area (TPSA) is 76.7 Å². The zero-order valence-electron chi connectivity index (χ0n) is 16.9. The van der Waals surface area contributed by atoms with E-state index in [4.69, 9.17) is 9.15 Å². The molecule has 2 aromatic carbocycles. The van der Waals surface area contributed by atoms with Crippen molar-refractivity contribution in [3.05, 3.63) is 95.1 Å². The number of hydrogen-bond acceptors (Lipinski definition) is 5. The highest BCUT2D eigenvalue weighted by molar-refractivity contribution is 5.98. The normalized spacial score (nSPS) is 12.9. The van der Waals surface area contributed by atoms with Gasteiger partial charge in [0.15, 0.2) is 5.76 Å². The summed E-state index contributed by atoms with van der Waals surface area (Å²) in [6.45, 7) is 0.261. The molecular weight excluding hydrogens is 390 g/mol. The fraction of sp³-hybridized carbons (Fsp3) is 0.160. The highest BCUT2D eigenvalue weighted by Crippen LogP contribution is 2.26. The number of pyridine rings is 1. The molecule has 2 aromatic heterocycles. The molecule has 1 amide bonds. The monoisotopic (exact) mass is 411 g/mol. The lowest BCUT2D eigenvalue weighted by Gasteiger charge is -2.06. The molecule has 0 radical (unpaired) electrons. The second-order valence-electron chi connectivity index (χ2n) is 7.46. The summed E-state index contributed by atoms with van der Waals surface area (Å²) < 4.78 is 11.4. The molecule has 0 spiro atoms. The lowest BCUT2D eigenvalue weighted by atomic mass is 10.1. The van der Waals surface area contributed by atoms with Crippen LogP contribution in [0.25, 0.3) is 10.9 Å². The molecule has 0 unspecified atom stereocenters. The van der Waals surface area contributed by atoms with E-state index in [1.54, 1.807) is 24.5 Å². The number of nitrogens with zero attached hydrogens (tertiary/aromatic N) is 2. The van der Waals surface area contributed by atoms with Gasteiger partial charge in [-0.25, -0.2) is 5.43 Å². The fourth-order valence-electron chi connectivity index (χ4n) is 3.82. The zero-order chi connectivity index (χ0) is 21.0. The molecule has 154 valence electrons. The molecule has 6 nitrogen and oxygen atoms in total. The van der Waals surface area contributed by atoms with Crippen LogP contribution in [0, 0.1) is 0 Å². The van der Waals surface area contributed by atoms with Gasteiger partial charge in [0.1, 0.15) is 18.1 Å². The number of amides is 1. The maximum atomic E-state index is 12.3. The largest absolute Gasteiger partial charge is 0.486 e. The van der Waals surface area contributed by atoms with Crippen LogP contribution in [0.4, 0.5) is 0 Å². The van der Waals surface area contributed by atoms with E-state index in [-0.39, 0.29) is 12.4 Å². The molecule has 31 heavy (non-hydrogen) atoms. The maximum Gasteiger partial charge on any atom is 0.307 e. The van der Waals surface area contributed by atoms with Crippen molar-refractivity contribution >= 4 is 23.0 Å². The van der Waals surface area contributed by atoms with E-state index in [0.29, 0.717) is 5.76 Å². The van der Waals surface area contributed by atoms with Crippen LogP contribution in [-0.2, 0) is 19.4 Å². The number of hydrogen-bond donors (Lipinski definition) is 1. The van der Waals surface area contributed by atoms with Gasteiger partial charge < -0.3 is 9.15 Å². The third-order valence-electron chi connectivity index (χ3n) is 5.37. The summed E-state index contributed by atoms with van der Waals surface area (Å²) in [7, 11) is 0. The predicted molar refractivity (Wildman–Crippen MR) is 118 cm³/mol. The minimum absolute atomic E-state index is 0.181. The second kappa shape index (κ2) is 8.44. The van der Waals surface area contributed by atoms with Crippen molar-refractivity contribution < 1.29 is 13.9 Å². The van der Waals surface area contributed by atoms with E-state index < -0.39 is 5.91 Å². The van der Waals surface area contributed by atoms with E-state index in [1.807, 2.05) is 36.4 Å². The number of nitrogens with one attached hydrogen (secondary N) is 1. The molecule has 0 aliphatic heterocycles. The molecule has 0 atom stereocenters. The number of hydrazone groups is 1. The van der Waals surface area contributed by atoms with Crippen LogP contribution in [0.15, 0.2) is 76.4 Å². The molecule has 0 fully saturated rings. The summed E-state index contributed by atoms with van der Waals surface area (Å²) in [5.41, 5.74) is 6.91. The number of ether oxygens (including phenoxy) is 1. The number of para-hydroxylation sites is 1. The molecule has 1 aliphatic rings. The van der Waals surface area contributed by atoms with Crippen LogP contribution >= 0.6 is 0 Å². The van der Waals surface area contributed by atoms with Gasteiger partial charge in [-0.3, -0.25) is 9.78 Å².